The summed E-state index contributed by atoms with van der Waals surface area (Å²) in [7, 11) is 1.62. The number of hydrogen-bond acceptors (Lipinski definition) is 7. The number of benzene rings is 1. The minimum atomic E-state index is 0.218. The second kappa shape index (κ2) is 5.74. The number of hydrogen-bond donors (Lipinski definition) is 0. The van der Waals surface area contributed by atoms with Crippen molar-refractivity contribution in [2.24, 2.45) is 0 Å². The zero-order chi connectivity index (χ0) is 14.7. The van der Waals surface area contributed by atoms with Crippen LogP contribution in [0.15, 0.2) is 33.3 Å². The lowest BCUT2D eigenvalue weighted by Crippen LogP contribution is -1.86. The number of methoxy groups -OCH3 is 1. The molecule has 0 amide bonds. The van der Waals surface area contributed by atoms with E-state index in [1.165, 1.54) is 0 Å². The van der Waals surface area contributed by atoms with Crippen LogP contribution in [-0.2, 0) is 6.42 Å². The molecule has 0 aliphatic heterocycles. The van der Waals surface area contributed by atoms with Gasteiger partial charge in [-0.1, -0.05) is 17.2 Å². The van der Waals surface area contributed by atoms with Gasteiger partial charge in [0.05, 0.1) is 7.11 Å². The standard InChI is InChI=1S/C14H14N4O3/c1-3-4-11-15-13(20-17-11)14-16-12(18-21-14)9-5-7-10(19-2)8-6-9/h5-8H,3-4H2,1-2H3. The Hall–Kier alpha value is -2.70. The summed E-state index contributed by atoms with van der Waals surface area (Å²) >= 11 is 0. The fourth-order valence-electron chi connectivity index (χ4n) is 1.83. The van der Waals surface area contributed by atoms with Crippen LogP contribution in [0.5, 0.6) is 5.75 Å². The minimum absolute atomic E-state index is 0.218. The smallest absolute Gasteiger partial charge is 0.316 e. The summed E-state index contributed by atoms with van der Waals surface area (Å²) in [4.78, 5) is 8.48. The lowest BCUT2D eigenvalue weighted by atomic mass is 10.2. The Bertz CT molecular complexity index is 718. The molecule has 108 valence electrons. The highest BCUT2D eigenvalue weighted by atomic mass is 16.5. The molecule has 7 nitrogen and oxygen atoms in total. The summed E-state index contributed by atoms with van der Waals surface area (Å²) in [5.74, 6) is 2.32. The zero-order valence-electron chi connectivity index (χ0n) is 11.7. The van der Waals surface area contributed by atoms with Gasteiger partial charge in [-0.2, -0.15) is 9.97 Å². The summed E-state index contributed by atoms with van der Waals surface area (Å²) in [6.45, 7) is 2.05. The molecular formula is C14H14N4O3. The molecule has 21 heavy (non-hydrogen) atoms. The Balaban J connectivity index is 1.84. The Kier molecular flexibility index (Phi) is 3.63. The monoisotopic (exact) mass is 286 g/mol. The van der Waals surface area contributed by atoms with Crippen molar-refractivity contribution < 1.29 is 13.8 Å². The Labute approximate surface area is 120 Å². The van der Waals surface area contributed by atoms with E-state index < -0.39 is 0 Å². The van der Waals surface area contributed by atoms with E-state index in [2.05, 4.69) is 20.3 Å². The van der Waals surface area contributed by atoms with Gasteiger partial charge in [0.25, 0.3) is 0 Å². The first-order chi connectivity index (χ1) is 10.3. The number of aromatic nitrogens is 4. The molecule has 0 aliphatic rings. The van der Waals surface area contributed by atoms with Gasteiger partial charge in [-0.25, -0.2) is 0 Å². The van der Waals surface area contributed by atoms with Crippen LogP contribution in [0.3, 0.4) is 0 Å². The van der Waals surface area contributed by atoms with E-state index >= 15 is 0 Å². The molecule has 0 radical (unpaired) electrons. The third kappa shape index (κ3) is 2.76. The summed E-state index contributed by atoms with van der Waals surface area (Å²) < 4.78 is 15.4. The van der Waals surface area contributed by atoms with Gasteiger partial charge in [0, 0.05) is 12.0 Å². The fourth-order valence-corrected chi connectivity index (χ4v) is 1.83. The van der Waals surface area contributed by atoms with Crippen LogP contribution in [0.2, 0.25) is 0 Å². The molecule has 2 heterocycles. The summed E-state index contributed by atoms with van der Waals surface area (Å²) in [6.07, 6.45) is 1.70. The van der Waals surface area contributed by atoms with Crippen LogP contribution in [0.4, 0.5) is 0 Å². The third-order valence-electron chi connectivity index (χ3n) is 2.90. The van der Waals surface area contributed by atoms with Gasteiger partial charge in [-0.05, 0) is 30.7 Å². The predicted octanol–water partition coefficient (Wildman–Crippen LogP) is 2.75. The molecule has 0 spiro atoms. The van der Waals surface area contributed by atoms with E-state index in [4.69, 9.17) is 13.8 Å². The van der Waals surface area contributed by atoms with E-state index in [0.717, 1.165) is 24.2 Å². The molecule has 0 saturated carbocycles. The molecule has 0 fully saturated rings. The highest BCUT2D eigenvalue weighted by Crippen LogP contribution is 2.23. The third-order valence-corrected chi connectivity index (χ3v) is 2.90. The minimum Gasteiger partial charge on any atom is -0.497 e. The molecule has 7 heteroatoms. The maximum Gasteiger partial charge on any atom is 0.316 e. The van der Waals surface area contributed by atoms with Crippen molar-refractivity contribution in [2.45, 2.75) is 19.8 Å². The summed E-state index contributed by atoms with van der Waals surface area (Å²) in [5.41, 5.74) is 0.819. The average molecular weight is 286 g/mol. The molecule has 0 N–H and O–H groups in total. The van der Waals surface area contributed by atoms with Gasteiger partial charge in [0.1, 0.15) is 5.75 Å². The van der Waals surface area contributed by atoms with E-state index in [1.807, 2.05) is 31.2 Å². The maximum absolute atomic E-state index is 5.16. The number of aryl methyl sites for hydroxylation is 1. The van der Waals surface area contributed by atoms with Crippen molar-refractivity contribution in [1.82, 2.24) is 20.3 Å². The molecule has 2 aromatic heterocycles. The van der Waals surface area contributed by atoms with Crippen molar-refractivity contribution in [3.05, 3.63) is 30.1 Å². The molecular weight excluding hydrogens is 272 g/mol. The summed E-state index contributed by atoms with van der Waals surface area (Å²) in [5, 5.41) is 7.78. The first-order valence-electron chi connectivity index (χ1n) is 6.61. The van der Waals surface area contributed by atoms with Gasteiger partial charge in [-0.3, -0.25) is 0 Å². The van der Waals surface area contributed by atoms with Crippen LogP contribution >= 0.6 is 0 Å². The Morgan fingerprint density at radius 1 is 1.00 bits per heavy atom. The Morgan fingerprint density at radius 2 is 1.71 bits per heavy atom. The first-order valence-corrected chi connectivity index (χ1v) is 6.61. The van der Waals surface area contributed by atoms with Crippen molar-refractivity contribution in [2.75, 3.05) is 7.11 Å². The van der Waals surface area contributed by atoms with Gasteiger partial charge in [0.2, 0.25) is 5.82 Å². The largest absolute Gasteiger partial charge is 0.497 e. The molecule has 1 aromatic carbocycles. The van der Waals surface area contributed by atoms with Crippen molar-refractivity contribution in [3.63, 3.8) is 0 Å². The van der Waals surface area contributed by atoms with Crippen molar-refractivity contribution >= 4 is 0 Å². The molecule has 0 bridgehead atoms. The number of rotatable bonds is 5. The summed E-state index contributed by atoms with van der Waals surface area (Å²) in [6, 6.07) is 7.36. The normalized spacial score (nSPS) is 10.8. The van der Waals surface area contributed by atoms with E-state index in [1.54, 1.807) is 7.11 Å². The van der Waals surface area contributed by atoms with Gasteiger partial charge >= 0.3 is 11.8 Å². The van der Waals surface area contributed by atoms with E-state index in [9.17, 15) is 0 Å². The van der Waals surface area contributed by atoms with Gasteiger partial charge in [-0.15, -0.1) is 0 Å². The molecule has 0 unspecified atom stereocenters. The van der Waals surface area contributed by atoms with Gasteiger partial charge < -0.3 is 13.8 Å². The lowest BCUT2D eigenvalue weighted by Gasteiger charge is -1.98. The topological polar surface area (TPSA) is 87.1 Å². The maximum atomic E-state index is 5.16. The second-order valence-electron chi connectivity index (χ2n) is 4.42. The number of nitrogens with zero attached hydrogens (tertiary/aromatic N) is 4. The van der Waals surface area contributed by atoms with Crippen LogP contribution in [0.25, 0.3) is 23.2 Å². The highest BCUT2D eigenvalue weighted by molar-refractivity contribution is 5.57. The number of ether oxygens (including phenoxy) is 1. The molecule has 0 aliphatic carbocycles. The van der Waals surface area contributed by atoms with Crippen LogP contribution in [0.1, 0.15) is 19.2 Å². The highest BCUT2D eigenvalue weighted by Gasteiger charge is 2.17. The van der Waals surface area contributed by atoms with Crippen LogP contribution in [-0.4, -0.2) is 27.4 Å². The lowest BCUT2D eigenvalue weighted by molar-refractivity contribution is 0.379. The molecule has 0 saturated heterocycles. The molecule has 3 aromatic rings. The SMILES string of the molecule is CCCc1noc(-c2nc(-c3ccc(OC)cc3)no2)n1. The first kappa shape index (κ1) is 13.3. The average Bonchev–Trinajstić information content (AvgIpc) is 3.16. The van der Waals surface area contributed by atoms with Gasteiger partial charge in [0.15, 0.2) is 5.82 Å². The predicted molar refractivity (Wildman–Crippen MR) is 73.6 cm³/mol. The van der Waals surface area contributed by atoms with Crippen LogP contribution in [0, 0.1) is 0 Å². The second-order valence-corrected chi connectivity index (χ2v) is 4.42. The van der Waals surface area contributed by atoms with Crippen molar-refractivity contribution in [3.8, 4) is 28.9 Å². The molecule has 3 rings (SSSR count). The van der Waals surface area contributed by atoms with Crippen LogP contribution < -0.4 is 4.74 Å². The molecule has 0 atom stereocenters. The van der Waals surface area contributed by atoms with E-state index in [-0.39, 0.29) is 11.8 Å². The van der Waals surface area contributed by atoms with Crippen molar-refractivity contribution in [1.29, 1.82) is 0 Å². The zero-order valence-corrected chi connectivity index (χ0v) is 11.7. The fraction of sp³-hybridized carbons (Fsp3) is 0.286. The quantitative estimate of drug-likeness (QED) is 0.712. The Morgan fingerprint density at radius 3 is 2.43 bits per heavy atom. The van der Waals surface area contributed by atoms with E-state index in [0.29, 0.717) is 11.6 Å².